The molecule has 2 N–H and O–H groups in total. The molecule has 5 heteroatoms. The maximum Gasteiger partial charge on any atom is 0.224 e. The van der Waals surface area contributed by atoms with Gasteiger partial charge < -0.3 is 20.3 Å². The van der Waals surface area contributed by atoms with Crippen molar-refractivity contribution in [3.05, 3.63) is 0 Å². The Hall–Kier alpha value is -0.650. The van der Waals surface area contributed by atoms with Crippen LogP contribution in [-0.4, -0.2) is 68.2 Å². The van der Waals surface area contributed by atoms with E-state index in [2.05, 4.69) is 4.90 Å². The van der Waals surface area contributed by atoms with E-state index in [0.717, 1.165) is 6.54 Å². The summed E-state index contributed by atoms with van der Waals surface area (Å²) >= 11 is 0. The predicted octanol–water partition coefficient (Wildman–Crippen LogP) is -0.487. The Bertz CT molecular complexity index is 231. The number of rotatable bonds is 4. The number of nitrogens with zero attached hydrogens (tertiary/aromatic N) is 2. The zero-order valence-electron chi connectivity index (χ0n) is 10.5. The molecule has 1 fully saturated rings. The third-order valence-electron chi connectivity index (χ3n) is 2.56. The fourth-order valence-electron chi connectivity index (χ4n) is 1.87. The van der Waals surface area contributed by atoms with Gasteiger partial charge >= 0.3 is 0 Å². The smallest absolute Gasteiger partial charge is 0.224 e. The number of nitrogens with two attached hydrogens (primary N) is 1. The Kier molecular flexibility index (Phi) is 5.18. The Balaban J connectivity index is 2.40. The van der Waals surface area contributed by atoms with Crippen LogP contribution in [0.1, 0.15) is 13.3 Å². The Labute approximate surface area is 97.5 Å². The van der Waals surface area contributed by atoms with Crippen LogP contribution in [0.4, 0.5) is 0 Å². The molecule has 0 bridgehead atoms. The van der Waals surface area contributed by atoms with Gasteiger partial charge in [-0.2, -0.15) is 0 Å². The molecule has 0 radical (unpaired) electrons. The molecule has 0 spiro atoms. The highest BCUT2D eigenvalue weighted by molar-refractivity contribution is 5.76. The molecule has 16 heavy (non-hydrogen) atoms. The molecule has 94 valence electrons. The van der Waals surface area contributed by atoms with Crippen LogP contribution in [0.3, 0.4) is 0 Å². The first-order valence-electron chi connectivity index (χ1n) is 5.78. The molecule has 1 rings (SSSR count). The highest BCUT2D eigenvalue weighted by Gasteiger charge is 2.24. The van der Waals surface area contributed by atoms with Crippen LogP contribution < -0.4 is 5.73 Å². The summed E-state index contributed by atoms with van der Waals surface area (Å²) in [5, 5.41) is 0. The van der Waals surface area contributed by atoms with Gasteiger partial charge in [-0.15, -0.1) is 0 Å². The van der Waals surface area contributed by atoms with Gasteiger partial charge in [0.2, 0.25) is 5.91 Å². The van der Waals surface area contributed by atoms with E-state index in [1.54, 1.807) is 0 Å². The van der Waals surface area contributed by atoms with E-state index in [1.807, 2.05) is 25.9 Å². The second-order valence-electron chi connectivity index (χ2n) is 4.78. The molecule has 1 heterocycles. The maximum absolute atomic E-state index is 11.8. The van der Waals surface area contributed by atoms with Gasteiger partial charge in [-0.05, 0) is 21.0 Å². The van der Waals surface area contributed by atoms with Crippen LogP contribution in [0.15, 0.2) is 0 Å². The van der Waals surface area contributed by atoms with Crippen LogP contribution >= 0.6 is 0 Å². The molecule has 2 atom stereocenters. The number of ether oxygens (including phenoxy) is 1. The van der Waals surface area contributed by atoms with E-state index in [-0.39, 0.29) is 18.1 Å². The van der Waals surface area contributed by atoms with Crippen molar-refractivity contribution in [3.63, 3.8) is 0 Å². The predicted molar refractivity (Wildman–Crippen MR) is 63.1 cm³/mol. The first-order chi connectivity index (χ1) is 7.49. The fourth-order valence-corrected chi connectivity index (χ4v) is 1.87. The minimum atomic E-state index is -0.0670. The van der Waals surface area contributed by atoms with E-state index in [9.17, 15) is 4.79 Å². The number of likely N-dealkylation sites (N-methyl/N-ethyl adjacent to an activating group) is 1. The van der Waals surface area contributed by atoms with Crippen molar-refractivity contribution in [1.29, 1.82) is 0 Å². The summed E-state index contributed by atoms with van der Waals surface area (Å²) in [5.41, 5.74) is 5.63. The van der Waals surface area contributed by atoms with Gasteiger partial charge in [0.1, 0.15) is 0 Å². The monoisotopic (exact) mass is 229 g/mol. The summed E-state index contributed by atoms with van der Waals surface area (Å²) in [6, 6.07) is -0.0670. The summed E-state index contributed by atoms with van der Waals surface area (Å²) in [5.74, 6) is 0.141. The molecular weight excluding hydrogens is 206 g/mol. The van der Waals surface area contributed by atoms with Crippen LogP contribution in [0.2, 0.25) is 0 Å². The first kappa shape index (κ1) is 13.4. The minimum absolute atomic E-state index is 0.0670. The largest absolute Gasteiger partial charge is 0.373 e. The molecule has 0 aromatic heterocycles. The minimum Gasteiger partial charge on any atom is -0.373 e. The third kappa shape index (κ3) is 4.47. The second-order valence-corrected chi connectivity index (χ2v) is 4.78. The van der Waals surface area contributed by atoms with Crippen molar-refractivity contribution < 1.29 is 9.53 Å². The first-order valence-corrected chi connectivity index (χ1v) is 5.78. The average molecular weight is 229 g/mol. The quantitative estimate of drug-likeness (QED) is 0.707. The molecule has 5 nitrogen and oxygen atoms in total. The van der Waals surface area contributed by atoms with Crippen molar-refractivity contribution >= 4 is 5.91 Å². The molecular formula is C11H23N3O2. The number of amides is 1. The van der Waals surface area contributed by atoms with E-state index in [0.29, 0.717) is 26.1 Å². The van der Waals surface area contributed by atoms with Gasteiger partial charge in [0.05, 0.1) is 12.7 Å². The summed E-state index contributed by atoms with van der Waals surface area (Å²) in [6.07, 6.45) is 0.551. The molecule has 0 aliphatic carbocycles. The number of morpholine rings is 1. The number of carbonyl (C=O) groups is 1. The molecule has 0 saturated carbocycles. The molecule has 1 aliphatic heterocycles. The molecule has 1 aliphatic rings. The van der Waals surface area contributed by atoms with E-state index in [1.165, 1.54) is 0 Å². The van der Waals surface area contributed by atoms with Gasteiger partial charge in [0.25, 0.3) is 0 Å². The second kappa shape index (κ2) is 6.18. The topological polar surface area (TPSA) is 58.8 Å². The molecule has 2 unspecified atom stereocenters. The van der Waals surface area contributed by atoms with Crippen molar-refractivity contribution in [2.24, 2.45) is 5.73 Å². The lowest BCUT2D eigenvalue weighted by Crippen LogP contribution is -2.49. The van der Waals surface area contributed by atoms with E-state index in [4.69, 9.17) is 10.5 Å². The van der Waals surface area contributed by atoms with Crippen molar-refractivity contribution in [2.75, 3.05) is 40.3 Å². The summed E-state index contributed by atoms with van der Waals surface area (Å²) in [6.45, 7) is 4.71. The molecule has 1 amide bonds. The Morgan fingerprint density at radius 2 is 2.31 bits per heavy atom. The third-order valence-corrected chi connectivity index (χ3v) is 2.56. The summed E-state index contributed by atoms with van der Waals surface area (Å²) in [7, 11) is 4.01. The van der Waals surface area contributed by atoms with Gasteiger partial charge in [-0.3, -0.25) is 4.79 Å². The zero-order valence-corrected chi connectivity index (χ0v) is 10.5. The van der Waals surface area contributed by atoms with Crippen LogP contribution in [0, 0.1) is 0 Å². The zero-order chi connectivity index (χ0) is 12.1. The number of hydrogen-bond donors (Lipinski definition) is 1. The van der Waals surface area contributed by atoms with E-state index < -0.39 is 0 Å². The fraction of sp³-hybridized carbons (Fsp3) is 0.909. The number of carbonyl (C=O) groups excluding carboxylic acids is 1. The van der Waals surface area contributed by atoms with Crippen LogP contribution in [0.25, 0.3) is 0 Å². The highest BCUT2D eigenvalue weighted by atomic mass is 16.5. The van der Waals surface area contributed by atoms with Crippen molar-refractivity contribution in [2.45, 2.75) is 25.5 Å². The lowest BCUT2D eigenvalue weighted by atomic mass is 10.2. The van der Waals surface area contributed by atoms with Crippen molar-refractivity contribution in [3.8, 4) is 0 Å². The Morgan fingerprint density at radius 3 is 2.88 bits per heavy atom. The van der Waals surface area contributed by atoms with Gasteiger partial charge in [-0.1, -0.05) is 0 Å². The van der Waals surface area contributed by atoms with Gasteiger partial charge in [-0.25, -0.2) is 0 Å². The average Bonchev–Trinajstić information content (AvgIpc) is 2.16. The van der Waals surface area contributed by atoms with Crippen molar-refractivity contribution in [1.82, 2.24) is 9.80 Å². The lowest BCUT2D eigenvalue weighted by molar-refractivity contribution is -0.139. The van der Waals surface area contributed by atoms with Crippen LogP contribution in [0.5, 0.6) is 0 Å². The standard InChI is InChI=1S/C11H23N3O2/c1-9(12)6-11(15)14-4-5-16-10(8-14)7-13(2)3/h9-10H,4-8,12H2,1-3H3. The normalized spacial score (nSPS) is 23.6. The molecule has 0 aromatic rings. The molecule has 1 saturated heterocycles. The van der Waals surface area contributed by atoms with Gasteiger partial charge in [0.15, 0.2) is 0 Å². The summed E-state index contributed by atoms with van der Waals surface area (Å²) < 4.78 is 5.61. The number of hydrogen-bond acceptors (Lipinski definition) is 4. The van der Waals surface area contributed by atoms with E-state index >= 15 is 0 Å². The van der Waals surface area contributed by atoms with Gasteiger partial charge in [0, 0.05) is 32.1 Å². The lowest BCUT2D eigenvalue weighted by Gasteiger charge is -2.34. The Morgan fingerprint density at radius 1 is 1.62 bits per heavy atom. The molecule has 0 aromatic carbocycles. The SMILES string of the molecule is CC(N)CC(=O)N1CCOC(CN(C)C)C1. The highest BCUT2D eigenvalue weighted by Crippen LogP contribution is 2.08. The summed E-state index contributed by atoms with van der Waals surface area (Å²) in [4.78, 5) is 15.8. The maximum atomic E-state index is 11.8. The van der Waals surface area contributed by atoms with Crippen LogP contribution in [-0.2, 0) is 9.53 Å².